The summed E-state index contributed by atoms with van der Waals surface area (Å²) in [6, 6.07) is 27.1. The molecule has 43 heavy (non-hydrogen) atoms. The van der Waals surface area contributed by atoms with E-state index < -0.39 is 6.04 Å². The number of benzene rings is 4. The number of nitrogens with zero attached hydrogens (tertiary/aromatic N) is 3. The molecule has 0 aliphatic heterocycles. The minimum Gasteiger partial charge on any atom is -0.497 e. The van der Waals surface area contributed by atoms with Crippen LogP contribution in [0.5, 0.6) is 11.5 Å². The van der Waals surface area contributed by atoms with E-state index >= 15 is 0 Å². The fraction of sp³-hybridized carbons (Fsp3) is 0.182. The minimum absolute atomic E-state index is 0.280. The number of rotatable bonds is 9. The molecule has 5 rings (SSSR count). The number of urea groups is 1. The molecule has 8 nitrogen and oxygen atoms in total. The van der Waals surface area contributed by atoms with E-state index in [2.05, 4.69) is 37.2 Å². The third-order valence-electron chi connectivity index (χ3n) is 7.19. The molecule has 5 aromatic rings. The van der Waals surface area contributed by atoms with Gasteiger partial charge in [0.25, 0.3) is 5.56 Å². The number of amides is 2. The molecule has 0 aliphatic carbocycles. The molecule has 1 aromatic heterocycles. The third-order valence-corrected chi connectivity index (χ3v) is 8.68. The second-order valence-electron chi connectivity index (χ2n) is 9.81. The van der Waals surface area contributed by atoms with Gasteiger partial charge in [0, 0.05) is 23.2 Å². The molecule has 1 unspecified atom stereocenters. The number of halogens is 2. The second-order valence-corrected chi connectivity index (χ2v) is 11.5. The summed E-state index contributed by atoms with van der Waals surface area (Å²) in [4.78, 5) is 34.9. The molecular formula is C33H30Br2N4O4. The zero-order chi connectivity index (χ0) is 30.5. The number of anilines is 1. The highest BCUT2D eigenvalue weighted by Gasteiger charge is 2.28. The number of ether oxygens (including phenoxy) is 2. The van der Waals surface area contributed by atoms with Gasteiger partial charge in [-0.3, -0.25) is 9.36 Å². The number of hydrogen-bond donors (Lipinski definition) is 1. The van der Waals surface area contributed by atoms with Crippen molar-refractivity contribution in [3.63, 3.8) is 0 Å². The molecule has 1 N–H and O–H groups in total. The van der Waals surface area contributed by atoms with Crippen molar-refractivity contribution in [3.8, 4) is 17.2 Å². The summed E-state index contributed by atoms with van der Waals surface area (Å²) in [5.74, 6) is 1.37. The molecule has 0 radical (unpaired) electrons. The molecule has 2 amide bonds. The summed E-state index contributed by atoms with van der Waals surface area (Å²) in [5, 5.41) is 3.48. The highest BCUT2D eigenvalue weighted by molar-refractivity contribution is 9.11. The summed E-state index contributed by atoms with van der Waals surface area (Å²) in [6.45, 7) is 2.25. The van der Waals surface area contributed by atoms with Crippen LogP contribution in [0.25, 0.3) is 16.6 Å². The molecule has 0 fully saturated rings. The van der Waals surface area contributed by atoms with Gasteiger partial charge in [0.15, 0.2) is 0 Å². The van der Waals surface area contributed by atoms with Crippen molar-refractivity contribution in [2.24, 2.45) is 0 Å². The van der Waals surface area contributed by atoms with E-state index in [-0.39, 0.29) is 11.6 Å². The monoisotopic (exact) mass is 704 g/mol. The number of para-hydroxylation sites is 2. The Morgan fingerprint density at radius 3 is 2.37 bits per heavy atom. The first-order valence-corrected chi connectivity index (χ1v) is 15.2. The van der Waals surface area contributed by atoms with Crippen molar-refractivity contribution in [1.29, 1.82) is 0 Å². The van der Waals surface area contributed by atoms with Gasteiger partial charge in [0.2, 0.25) is 0 Å². The maximum absolute atomic E-state index is 14.2. The van der Waals surface area contributed by atoms with E-state index in [9.17, 15) is 9.59 Å². The van der Waals surface area contributed by atoms with Crippen LogP contribution >= 0.6 is 31.9 Å². The lowest BCUT2D eigenvalue weighted by molar-refractivity contribution is 0.190. The van der Waals surface area contributed by atoms with E-state index in [1.54, 1.807) is 49.5 Å². The van der Waals surface area contributed by atoms with Crippen LogP contribution < -0.4 is 20.3 Å². The Balaban J connectivity index is 1.68. The Labute approximate surface area is 266 Å². The van der Waals surface area contributed by atoms with Crippen LogP contribution in [0.15, 0.2) is 105 Å². The van der Waals surface area contributed by atoms with Crippen LogP contribution in [-0.2, 0) is 6.42 Å². The van der Waals surface area contributed by atoms with Gasteiger partial charge in [-0.25, -0.2) is 9.78 Å². The SMILES string of the molecule is COc1cc(OC)c(Br)c(-n2c(C(C)N(CCc3ccccc3)C(=O)Nc3ccccc3Br)nc3ccccc3c2=O)c1. The third kappa shape index (κ3) is 6.45. The smallest absolute Gasteiger partial charge is 0.322 e. The Hall–Kier alpha value is -4.15. The van der Waals surface area contributed by atoms with Crippen molar-refractivity contribution >= 4 is 54.5 Å². The van der Waals surface area contributed by atoms with E-state index in [0.29, 0.717) is 57.0 Å². The van der Waals surface area contributed by atoms with Gasteiger partial charge in [0.1, 0.15) is 17.3 Å². The van der Waals surface area contributed by atoms with Crippen molar-refractivity contribution in [2.75, 3.05) is 26.1 Å². The standard InChI is InChI=1S/C33H30Br2N4O4/c1-21(38(18-17-22-11-5-4-6-12-22)33(41)37-27-16-10-8-14-25(27)34)31-36-26-15-9-7-13-24(26)32(40)39(31)28-19-23(42-2)20-29(43-3)30(28)35/h4-16,19-21H,17-18H2,1-3H3,(H,37,41). The quantitative estimate of drug-likeness (QED) is 0.169. The molecular weight excluding hydrogens is 676 g/mol. The average molecular weight is 706 g/mol. The number of nitrogens with one attached hydrogen (secondary N) is 1. The van der Waals surface area contributed by atoms with Crippen LogP contribution in [0.1, 0.15) is 24.4 Å². The molecule has 220 valence electrons. The zero-order valence-electron chi connectivity index (χ0n) is 23.9. The normalized spacial score (nSPS) is 11.7. The summed E-state index contributed by atoms with van der Waals surface area (Å²) < 4.78 is 14.0. The highest BCUT2D eigenvalue weighted by atomic mass is 79.9. The van der Waals surface area contributed by atoms with Gasteiger partial charge < -0.3 is 19.7 Å². The lowest BCUT2D eigenvalue weighted by Crippen LogP contribution is -2.41. The Morgan fingerprint density at radius 2 is 1.65 bits per heavy atom. The van der Waals surface area contributed by atoms with Crippen molar-refractivity contribution in [2.45, 2.75) is 19.4 Å². The highest BCUT2D eigenvalue weighted by Crippen LogP contribution is 2.37. The predicted molar refractivity (Wildman–Crippen MR) is 177 cm³/mol. The molecule has 0 spiro atoms. The molecule has 1 heterocycles. The van der Waals surface area contributed by atoms with Crippen molar-refractivity contribution < 1.29 is 14.3 Å². The van der Waals surface area contributed by atoms with Crippen LogP contribution in [0.2, 0.25) is 0 Å². The topological polar surface area (TPSA) is 85.7 Å². The number of carbonyl (C=O) groups is 1. The predicted octanol–water partition coefficient (Wildman–Crippen LogP) is 7.77. The van der Waals surface area contributed by atoms with Gasteiger partial charge >= 0.3 is 6.03 Å². The van der Waals surface area contributed by atoms with Gasteiger partial charge in [-0.2, -0.15) is 0 Å². The maximum atomic E-state index is 14.2. The average Bonchev–Trinajstić information content (AvgIpc) is 3.03. The minimum atomic E-state index is -0.632. The van der Waals surface area contributed by atoms with Crippen LogP contribution in [0.3, 0.4) is 0 Å². The van der Waals surface area contributed by atoms with Gasteiger partial charge in [-0.1, -0.05) is 54.6 Å². The molecule has 0 bridgehead atoms. The lowest BCUT2D eigenvalue weighted by Gasteiger charge is -2.31. The summed E-state index contributed by atoms with van der Waals surface area (Å²) in [6.07, 6.45) is 0.600. The van der Waals surface area contributed by atoms with Crippen molar-refractivity contribution in [3.05, 3.63) is 122 Å². The van der Waals surface area contributed by atoms with Gasteiger partial charge in [-0.05, 0) is 75.0 Å². The number of fused-ring (bicyclic) bond motifs is 1. The van der Waals surface area contributed by atoms with Gasteiger partial charge in [0.05, 0.1) is 47.0 Å². The zero-order valence-corrected chi connectivity index (χ0v) is 27.1. The van der Waals surface area contributed by atoms with Gasteiger partial charge in [-0.15, -0.1) is 0 Å². The number of methoxy groups -OCH3 is 2. The lowest BCUT2D eigenvalue weighted by atomic mass is 10.1. The van der Waals surface area contributed by atoms with Crippen molar-refractivity contribution in [1.82, 2.24) is 14.5 Å². The number of aromatic nitrogens is 2. The second kappa shape index (κ2) is 13.4. The Morgan fingerprint density at radius 1 is 0.953 bits per heavy atom. The summed E-state index contributed by atoms with van der Waals surface area (Å²) in [7, 11) is 3.10. The fourth-order valence-electron chi connectivity index (χ4n) is 4.90. The Kier molecular flexibility index (Phi) is 9.47. The largest absolute Gasteiger partial charge is 0.497 e. The summed E-state index contributed by atoms with van der Waals surface area (Å²) >= 11 is 7.16. The number of hydrogen-bond acceptors (Lipinski definition) is 5. The molecule has 0 saturated carbocycles. The van der Waals surface area contributed by atoms with E-state index in [1.165, 1.54) is 4.57 Å². The Bertz CT molecular complexity index is 1830. The van der Waals surface area contributed by atoms with E-state index in [1.807, 2.05) is 67.6 Å². The van der Waals surface area contributed by atoms with Crippen LogP contribution in [-0.4, -0.2) is 41.2 Å². The molecule has 1 atom stereocenters. The van der Waals surface area contributed by atoms with E-state index in [0.717, 1.165) is 10.0 Å². The fourth-order valence-corrected chi connectivity index (χ4v) is 5.86. The van der Waals surface area contributed by atoms with Crippen LogP contribution in [0.4, 0.5) is 10.5 Å². The summed E-state index contributed by atoms with van der Waals surface area (Å²) in [5.41, 5.74) is 2.45. The first-order valence-electron chi connectivity index (χ1n) is 13.6. The molecule has 0 saturated heterocycles. The first-order chi connectivity index (χ1) is 20.8. The maximum Gasteiger partial charge on any atom is 0.322 e. The molecule has 0 aliphatic rings. The molecule has 10 heteroatoms. The molecule has 4 aromatic carbocycles. The van der Waals surface area contributed by atoms with E-state index in [4.69, 9.17) is 14.5 Å². The first kappa shape index (κ1) is 30.3. The number of carbonyl (C=O) groups excluding carboxylic acids is 1. The van der Waals surface area contributed by atoms with Crippen LogP contribution in [0, 0.1) is 0 Å².